The summed E-state index contributed by atoms with van der Waals surface area (Å²) in [4.78, 5) is 0. The summed E-state index contributed by atoms with van der Waals surface area (Å²) in [5.74, 6) is 0.550. The van der Waals surface area contributed by atoms with Crippen molar-refractivity contribution in [2.45, 2.75) is 27.7 Å². The van der Waals surface area contributed by atoms with Crippen molar-refractivity contribution in [3.05, 3.63) is 15.4 Å². The van der Waals surface area contributed by atoms with Crippen molar-refractivity contribution in [3.8, 4) is 0 Å². The third kappa shape index (κ3) is 1.91. The quantitative estimate of drug-likeness (QED) is 0.727. The zero-order valence-corrected chi connectivity index (χ0v) is 9.40. The fraction of sp³-hybridized carbons (Fsp3) is 0.500. The molecule has 0 bridgehead atoms. The van der Waals surface area contributed by atoms with Gasteiger partial charge in [-0.2, -0.15) is 4.37 Å². The van der Waals surface area contributed by atoms with E-state index in [0.29, 0.717) is 5.92 Å². The van der Waals surface area contributed by atoms with E-state index in [0.717, 1.165) is 10.2 Å². The summed E-state index contributed by atoms with van der Waals surface area (Å²) in [5, 5.41) is 1.24. The van der Waals surface area contributed by atoms with Gasteiger partial charge in [-0.3, -0.25) is 0 Å². The number of aromatic nitrogens is 1. The van der Waals surface area contributed by atoms with Gasteiger partial charge in [-0.15, -0.1) is 0 Å². The van der Waals surface area contributed by atoms with Crippen LogP contribution in [0.3, 0.4) is 0 Å². The van der Waals surface area contributed by atoms with Crippen LogP contribution in [0.4, 0.5) is 0 Å². The van der Waals surface area contributed by atoms with Crippen LogP contribution in [0.1, 0.15) is 26.5 Å². The molecule has 0 spiro atoms. The van der Waals surface area contributed by atoms with Gasteiger partial charge in [0, 0.05) is 11.4 Å². The van der Waals surface area contributed by atoms with E-state index >= 15 is 0 Å². The molecule has 2 nitrogen and oxygen atoms in total. The Hall–Kier alpha value is -0.830. The van der Waals surface area contributed by atoms with Crippen molar-refractivity contribution in [1.29, 1.82) is 0 Å². The van der Waals surface area contributed by atoms with Gasteiger partial charge in [0.2, 0.25) is 0 Å². The molecule has 0 saturated heterocycles. The van der Waals surface area contributed by atoms with Crippen LogP contribution in [-0.2, 0) is 0 Å². The molecule has 1 aromatic heterocycles. The lowest BCUT2D eigenvalue weighted by atomic mass is 10.0. The molecule has 0 aliphatic rings. The first-order valence-electron chi connectivity index (χ1n) is 4.43. The van der Waals surface area contributed by atoms with Gasteiger partial charge in [0.25, 0.3) is 0 Å². The fourth-order valence-corrected chi connectivity index (χ4v) is 2.06. The van der Waals surface area contributed by atoms with Crippen molar-refractivity contribution >= 4 is 23.3 Å². The first-order chi connectivity index (χ1) is 6.07. The maximum Gasteiger partial charge on any atom is 0.0706 e. The number of nitrogens with two attached hydrogens (primary N) is 1. The first-order valence-corrected chi connectivity index (χ1v) is 5.20. The minimum Gasteiger partial charge on any atom is -0.403 e. The molecule has 13 heavy (non-hydrogen) atoms. The molecule has 1 aromatic rings. The van der Waals surface area contributed by atoms with Gasteiger partial charge in [-0.1, -0.05) is 19.4 Å². The fourth-order valence-electron chi connectivity index (χ4n) is 1.27. The topological polar surface area (TPSA) is 38.9 Å². The van der Waals surface area contributed by atoms with Crippen molar-refractivity contribution in [2.75, 3.05) is 0 Å². The number of hydrogen-bond donors (Lipinski definition) is 1. The molecule has 0 amide bonds. The predicted octanol–water partition coefficient (Wildman–Crippen LogP) is 0.975. The number of hydrogen-bond acceptors (Lipinski definition) is 3. The first kappa shape index (κ1) is 10.3. The van der Waals surface area contributed by atoms with Crippen LogP contribution in [-0.4, -0.2) is 4.37 Å². The largest absolute Gasteiger partial charge is 0.403 e. The van der Waals surface area contributed by atoms with Crippen molar-refractivity contribution < 1.29 is 0 Å². The average molecular weight is 196 g/mol. The van der Waals surface area contributed by atoms with Crippen LogP contribution in [0.2, 0.25) is 0 Å². The smallest absolute Gasteiger partial charge is 0.0706 e. The molecule has 0 fully saturated rings. The molecular weight excluding hydrogens is 180 g/mol. The summed E-state index contributed by atoms with van der Waals surface area (Å²) in [6, 6.07) is 0. The molecule has 0 aromatic carbocycles. The van der Waals surface area contributed by atoms with E-state index in [1.165, 1.54) is 22.3 Å². The Morgan fingerprint density at radius 1 is 1.54 bits per heavy atom. The predicted molar refractivity (Wildman–Crippen MR) is 58.7 cm³/mol. The summed E-state index contributed by atoms with van der Waals surface area (Å²) >= 11 is 1.47. The Bertz CT molecular complexity index is 401. The second-order valence-electron chi connectivity index (χ2n) is 3.51. The summed E-state index contributed by atoms with van der Waals surface area (Å²) in [6.07, 6.45) is 1.64. The highest BCUT2D eigenvalue weighted by molar-refractivity contribution is 7.03. The second kappa shape index (κ2) is 3.92. The molecule has 0 unspecified atom stereocenters. The van der Waals surface area contributed by atoms with Gasteiger partial charge in [0.05, 0.1) is 10.2 Å². The molecule has 0 saturated carbocycles. The summed E-state index contributed by atoms with van der Waals surface area (Å²) in [7, 11) is 0. The lowest BCUT2D eigenvalue weighted by Crippen LogP contribution is -2.26. The Labute approximate surface area is 82.9 Å². The second-order valence-corrected chi connectivity index (χ2v) is 4.32. The molecule has 0 aliphatic carbocycles. The molecule has 0 radical (unpaired) electrons. The van der Waals surface area contributed by atoms with Crippen molar-refractivity contribution in [3.63, 3.8) is 0 Å². The van der Waals surface area contributed by atoms with Crippen molar-refractivity contribution in [2.24, 2.45) is 11.7 Å². The van der Waals surface area contributed by atoms with Gasteiger partial charge >= 0.3 is 0 Å². The highest BCUT2D eigenvalue weighted by Crippen LogP contribution is 2.06. The van der Waals surface area contributed by atoms with E-state index < -0.39 is 0 Å². The van der Waals surface area contributed by atoms with Crippen LogP contribution < -0.4 is 15.5 Å². The molecule has 72 valence electrons. The Morgan fingerprint density at radius 3 is 2.62 bits per heavy atom. The maximum absolute atomic E-state index is 5.53. The zero-order valence-electron chi connectivity index (χ0n) is 8.59. The zero-order chi connectivity index (χ0) is 10.0. The third-order valence-corrected chi connectivity index (χ3v) is 3.20. The van der Waals surface area contributed by atoms with Gasteiger partial charge in [-0.25, -0.2) is 0 Å². The highest BCUT2D eigenvalue weighted by atomic mass is 32.1. The molecule has 2 N–H and O–H groups in total. The lowest BCUT2D eigenvalue weighted by Gasteiger charge is -2.03. The van der Waals surface area contributed by atoms with Crippen LogP contribution in [0, 0.1) is 12.8 Å². The average Bonchev–Trinajstić information content (AvgIpc) is 2.45. The van der Waals surface area contributed by atoms with E-state index in [-0.39, 0.29) is 0 Å². The van der Waals surface area contributed by atoms with E-state index in [1.54, 1.807) is 6.20 Å². The summed E-state index contributed by atoms with van der Waals surface area (Å²) in [5.41, 5.74) is 7.99. The lowest BCUT2D eigenvalue weighted by molar-refractivity contribution is 0.839. The van der Waals surface area contributed by atoms with Crippen LogP contribution in [0.15, 0.2) is 0 Å². The third-order valence-electron chi connectivity index (χ3n) is 2.30. The normalized spacial score (nSPS) is 15.3. The molecule has 0 aliphatic heterocycles. The maximum atomic E-state index is 5.53. The number of nitrogens with zero attached hydrogens (tertiary/aromatic N) is 1. The van der Waals surface area contributed by atoms with Gasteiger partial charge < -0.3 is 5.73 Å². The molecule has 3 heteroatoms. The summed E-state index contributed by atoms with van der Waals surface area (Å²) in [6.45, 7) is 8.55. The minimum absolute atomic E-state index is 0.550. The van der Waals surface area contributed by atoms with Crippen LogP contribution in [0.25, 0.3) is 11.8 Å². The van der Waals surface area contributed by atoms with E-state index in [4.69, 9.17) is 5.73 Å². The Kier molecular flexibility index (Phi) is 3.09. The monoisotopic (exact) mass is 196 g/mol. The van der Waals surface area contributed by atoms with E-state index in [1.807, 2.05) is 6.92 Å². The van der Waals surface area contributed by atoms with Crippen LogP contribution >= 0.6 is 11.5 Å². The van der Waals surface area contributed by atoms with Gasteiger partial charge in [-0.05, 0) is 31.3 Å². The Balaban J connectivity index is 3.60. The molecule has 0 atom stereocenters. The Morgan fingerprint density at radius 2 is 2.15 bits per heavy atom. The van der Waals surface area contributed by atoms with E-state index in [2.05, 4.69) is 25.1 Å². The molecule has 1 rings (SSSR count). The minimum atomic E-state index is 0.550. The molecular formula is C10H16N2S. The summed E-state index contributed by atoms with van der Waals surface area (Å²) < 4.78 is 5.39. The number of aryl methyl sites for hydroxylation is 1. The number of rotatable bonds is 1. The van der Waals surface area contributed by atoms with Gasteiger partial charge in [0.15, 0.2) is 0 Å². The highest BCUT2D eigenvalue weighted by Gasteiger charge is 2.03. The van der Waals surface area contributed by atoms with Crippen LogP contribution in [0.5, 0.6) is 0 Å². The van der Waals surface area contributed by atoms with Crippen molar-refractivity contribution in [1.82, 2.24) is 4.37 Å². The van der Waals surface area contributed by atoms with E-state index in [9.17, 15) is 0 Å². The molecule has 1 heterocycles. The standard InChI is InChI=1S/C10H16N2S/c1-6(2)7(3)10-8(4)12-13-9(10)5-11/h5-6H,11H2,1-4H3/b9-5+,10-7+. The SMILES string of the molecule is C/C(=c1/c(C)ns/c1=C/N)C(C)C. The van der Waals surface area contributed by atoms with Gasteiger partial charge in [0.1, 0.15) is 0 Å².